The molecule has 0 nitrogen and oxygen atoms in total. The van der Waals surface area contributed by atoms with Gasteiger partial charge in [0.05, 0.1) is 0 Å². The van der Waals surface area contributed by atoms with Crippen LogP contribution in [0.15, 0.2) is 6.08 Å². The fraction of sp³-hybridized carbons (Fsp3) is 0.800. The second-order valence-electron chi connectivity index (χ2n) is 2.65. The van der Waals surface area contributed by atoms with E-state index in [1.165, 1.54) is 32.1 Å². The molecule has 0 bridgehead atoms. The van der Waals surface area contributed by atoms with Crippen molar-refractivity contribution >= 4 is 0 Å². The molecule has 0 amide bonds. The van der Waals surface area contributed by atoms with E-state index in [0.29, 0.717) is 0 Å². The van der Waals surface area contributed by atoms with Crippen LogP contribution in [-0.2, 0) is 0 Å². The van der Waals surface area contributed by atoms with Gasteiger partial charge in [-0.05, 0) is 0 Å². The van der Waals surface area contributed by atoms with E-state index in [9.17, 15) is 0 Å². The van der Waals surface area contributed by atoms with Crippen LogP contribution in [0.3, 0.4) is 0 Å². The molecule has 0 aliphatic heterocycles. The molecule has 0 radical (unpaired) electrons. The third-order valence-electron chi connectivity index (χ3n) is 1.52. The summed E-state index contributed by atoms with van der Waals surface area (Å²) in [7, 11) is 0. The maximum absolute atomic E-state index is 3.30. The van der Waals surface area contributed by atoms with E-state index in [2.05, 4.69) is 26.0 Å². The molecule has 0 heterocycles. The number of hydrogen-bond acceptors (Lipinski definition) is 0. The molecule has 0 aromatic rings. The van der Waals surface area contributed by atoms with Gasteiger partial charge in [0.25, 0.3) is 0 Å². The Balaban J connectivity index is 0. The molecular formula is C10H19Li. The Morgan fingerprint density at radius 3 is 2.27 bits per heavy atom. The largest absolute Gasteiger partial charge is 1.00 e. The normalized spacial score (nSPS) is 10.0. The van der Waals surface area contributed by atoms with Crippen LogP contribution in [0.2, 0.25) is 0 Å². The molecule has 0 atom stereocenters. The Labute approximate surface area is 83.6 Å². The third kappa shape index (κ3) is 13.3. The van der Waals surface area contributed by atoms with Crippen LogP contribution < -0.4 is 18.9 Å². The predicted octanol–water partition coefficient (Wildman–Crippen LogP) is 0.730. The summed E-state index contributed by atoms with van der Waals surface area (Å²) in [5.74, 6) is 0. The van der Waals surface area contributed by atoms with E-state index in [1.807, 2.05) is 0 Å². The van der Waals surface area contributed by atoms with E-state index >= 15 is 0 Å². The Bertz CT molecular complexity index is 66.9. The minimum absolute atomic E-state index is 0. The van der Waals surface area contributed by atoms with Crippen molar-refractivity contribution in [3.8, 4) is 0 Å². The van der Waals surface area contributed by atoms with Crippen LogP contribution in [0.5, 0.6) is 0 Å². The Kier molecular flexibility index (Phi) is 16.4. The second-order valence-corrected chi connectivity index (χ2v) is 2.65. The first kappa shape index (κ1) is 13.9. The van der Waals surface area contributed by atoms with Crippen molar-refractivity contribution < 1.29 is 18.9 Å². The van der Waals surface area contributed by atoms with Crippen LogP contribution >= 0.6 is 0 Å². The maximum Gasteiger partial charge on any atom is 1.00 e. The quantitative estimate of drug-likeness (QED) is 0.294. The van der Waals surface area contributed by atoms with Crippen LogP contribution in [0, 0.1) is 6.08 Å². The molecule has 0 unspecified atom stereocenters. The smallest absolute Gasteiger partial charge is 0.501 e. The second kappa shape index (κ2) is 13.0. The van der Waals surface area contributed by atoms with Crippen molar-refractivity contribution in [2.75, 3.05) is 0 Å². The number of allylic oxidation sites excluding steroid dienone is 2. The van der Waals surface area contributed by atoms with Gasteiger partial charge in [-0.3, -0.25) is 6.08 Å². The van der Waals surface area contributed by atoms with Crippen LogP contribution in [-0.4, -0.2) is 0 Å². The summed E-state index contributed by atoms with van der Waals surface area (Å²) < 4.78 is 0. The summed E-state index contributed by atoms with van der Waals surface area (Å²) in [6, 6.07) is 0. The molecule has 0 aromatic heterocycles. The van der Waals surface area contributed by atoms with Gasteiger partial charge in [-0.25, -0.2) is 0 Å². The summed E-state index contributed by atoms with van der Waals surface area (Å²) in [6.07, 6.45) is 13.1. The number of unbranched alkanes of at least 4 members (excludes halogenated alkanes) is 4. The van der Waals surface area contributed by atoms with Crippen molar-refractivity contribution in [3.63, 3.8) is 0 Å². The van der Waals surface area contributed by atoms with Crippen molar-refractivity contribution in [2.24, 2.45) is 0 Å². The van der Waals surface area contributed by atoms with E-state index < -0.39 is 0 Å². The minimum Gasteiger partial charge on any atom is -0.501 e. The van der Waals surface area contributed by atoms with E-state index in [4.69, 9.17) is 0 Å². The molecule has 0 N–H and O–H groups in total. The molecule has 0 aliphatic rings. The average Bonchev–Trinajstić information content (AvgIpc) is 1.97. The zero-order valence-electron chi connectivity index (χ0n) is 8.32. The average molecular weight is 146 g/mol. The Hall–Kier alpha value is 0.337. The monoisotopic (exact) mass is 146 g/mol. The first-order valence-corrected chi connectivity index (χ1v) is 4.46. The molecular weight excluding hydrogens is 127 g/mol. The Morgan fingerprint density at radius 1 is 1.09 bits per heavy atom. The van der Waals surface area contributed by atoms with Crippen molar-refractivity contribution in [1.82, 2.24) is 0 Å². The zero-order chi connectivity index (χ0) is 7.66. The molecule has 0 spiro atoms. The van der Waals surface area contributed by atoms with Crippen LogP contribution in [0.25, 0.3) is 0 Å². The third-order valence-corrected chi connectivity index (χ3v) is 1.52. The predicted molar refractivity (Wildman–Crippen MR) is 46.9 cm³/mol. The summed E-state index contributed by atoms with van der Waals surface area (Å²) >= 11 is 0. The Morgan fingerprint density at radius 2 is 1.73 bits per heavy atom. The van der Waals surface area contributed by atoms with E-state index in [-0.39, 0.29) is 18.9 Å². The fourth-order valence-corrected chi connectivity index (χ4v) is 0.789. The van der Waals surface area contributed by atoms with Crippen molar-refractivity contribution in [2.45, 2.75) is 52.4 Å². The standard InChI is InChI=1S/C10H19.Li/c1-3-5-7-9-10-8-6-4-2;/h9H,3-8H2,1-2H3;/q-1;+1. The molecule has 60 valence electrons. The van der Waals surface area contributed by atoms with Gasteiger partial charge in [0.2, 0.25) is 0 Å². The molecule has 0 aliphatic carbocycles. The molecule has 0 fully saturated rings. The van der Waals surface area contributed by atoms with Crippen LogP contribution in [0.1, 0.15) is 52.4 Å². The van der Waals surface area contributed by atoms with Gasteiger partial charge in [-0.2, -0.15) is 6.42 Å². The maximum atomic E-state index is 3.30. The van der Waals surface area contributed by atoms with Gasteiger partial charge in [-0.15, -0.1) is 0 Å². The molecule has 0 aromatic carbocycles. The minimum atomic E-state index is 0. The summed E-state index contributed by atoms with van der Waals surface area (Å²) in [4.78, 5) is 0. The summed E-state index contributed by atoms with van der Waals surface area (Å²) in [5.41, 5.74) is 0. The molecule has 1 heteroatoms. The van der Waals surface area contributed by atoms with Crippen LogP contribution in [0.4, 0.5) is 0 Å². The van der Waals surface area contributed by atoms with Crippen molar-refractivity contribution in [1.29, 1.82) is 0 Å². The molecule has 0 saturated heterocycles. The van der Waals surface area contributed by atoms with Gasteiger partial charge < -0.3 is 6.08 Å². The first-order chi connectivity index (χ1) is 4.91. The molecule has 0 saturated carbocycles. The van der Waals surface area contributed by atoms with E-state index in [0.717, 1.165) is 6.42 Å². The zero-order valence-corrected chi connectivity index (χ0v) is 8.32. The molecule has 0 rings (SSSR count). The number of hydrogen-bond donors (Lipinski definition) is 0. The summed E-state index contributed by atoms with van der Waals surface area (Å²) in [6.45, 7) is 4.44. The van der Waals surface area contributed by atoms with Gasteiger partial charge in [-0.1, -0.05) is 46.0 Å². The van der Waals surface area contributed by atoms with Gasteiger partial charge in [0.1, 0.15) is 0 Å². The van der Waals surface area contributed by atoms with Crippen molar-refractivity contribution in [3.05, 3.63) is 12.2 Å². The van der Waals surface area contributed by atoms with E-state index in [1.54, 1.807) is 0 Å². The summed E-state index contributed by atoms with van der Waals surface area (Å²) in [5, 5.41) is 0. The first-order valence-electron chi connectivity index (χ1n) is 4.46. The van der Waals surface area contributed by atoms with Gasteiger partial charge in [0.15, 0.2) is 0 Å². The van der Waals surface area contributed by atoms with Gasteiger partial charge in [0, 0.05) is 0 Å². The molecule has 11 heavy (non-hydrogen) atoms. The number of rotatable bonds is 6. The van der Waals surface area contributed by atoms with Gasteiger partial charge >= 0.3 is 18.9 Å². The SMILES string of the molecule is CCCC[C-]=CCCCC.[Li+]. The topological polar surface area (TPSA) is 0 Å². The fourth-order valence-electron chi connectivity index (χ4n) is 0.789.